The maximum absolute atomic E-state index is 14.0. The lowest BCUT2D eigenvalue weighted by Crippen LogP contribution is -2.30. The Bertz CT molecular complexity index is 1150. The van der Waals surface area contributed by atoms with Crippen LogP contribution in [-0.2, 0) is 7.05 Å². The number of benzene rings is 2. The molecule has 4 heteroatoms. The molecule has 4 rings (SSSR count). The highest BCUT2D eigenvalue weighted by molar-refractivity contribution is 6.09. The molecule has 0 fully saturated rings. The first kappa shape index (κ1) is 14.4. The van der Waals surface area contributed by atoms with E-state index in [-0.39, 0.29) is 5.56 Å². The number of hydrogen-bond acceptors (Lipinski definition) is 2. The molecule has 0 bridgehead atoms. The molecular formula is C20H14FN2O+. The molecule has 3 nitrogen and oxygen atoms in total. The average Bonchev–Trinajstić information content (AvgIpc) is 2.92. The molecule has 0 atom stereocenters. The molecule has 24 heavy (non-hydrogen) atoms. The van der Waals surface area contributed by atoms with Crippen molar-refractivity contribution in [3.8, 4) is 17.3 Å². The Morgan fingerprint density at radius 3 is 2.71 bits per heavy atom. The van der Waals surface area contributed by atoms with Crippen LogP contribution in [0.2, 0.25) is 0 Å². The SMILES string of the molecule is Cc1cc2oc3ccc(F)c(C#N)c3c2cc1-c1cccc[n+]1C. The second kappa shape index (κ2) is 5.17. The molecule has 0 aliphatic rings. The minimum atomic E-state index is -0.528. The smallest absolute Gasteiger partial charge is 0.212 e. The van der Waals surface area contributed by atoms with Crippen molar-refractivity contribution in [2.75, 3.05) is 0 Å². The molecule has 0 amide bonds. The number of aryl methyl sites for hydroxylation is 2. The van der Waals surface area contributed by atoms with E-state index in [0.717, 1.165) is 22.2 Å². The lowest BCUT2D eigenvalue weighted by Gasteiger charge is -2.04. The van der Waals surface area contributed by atoms with E-state index in [1.165, 1.54) is 6.07 Å². The number of nitriles is 1. The van der Waals surface area contributed by atoms with E-state index < -0.39 is 5.82 Å². The second-order valence-electron chi connectivity index (χ2n) is 5.87. The number of pyridine rings is 1. The van der Waals surface area contributed by atoms with E-state index in [4.69, 9.17) is 4.42 Å². The highest BCUT2D eigenvalue weighted by atomic mass is 19.1. The van der Waals surface area contributed by atoms with E-state index in [1.54, 1.807) is 6.07 Å². The lowest BCUT2D eigenvalue weighted by atomic mass is 9.99. The zero-order chi connectivity index (χ0) is 16.8. The van der Waals surface area contributed by atoms with Gasteiger partial charge in [0.1, 0.15) is 30.1 Å². The largest absolute Gasteiger partial charge is 0.456 e. The number of nitrogens with zero attached hydrogens (tertiary/aromatic N) is 2. The van der Waals surface area contributed by atoms with Crippen molar-refractivity contribution in [1.29, 1.82) is 5.26 Å². The fraction of sp³-hybridized carbons (Fsp3) is 0.100. The molecule has 0 aliphatic heterocycles. The molecule has 0 spiro atoms. The predicted octanol–water partition coefficient (Wildman–Crippen LogP) is 4.40. The number of furan rings is 1. The van der Waals surface area contributed by atoms with Gasteiger partial charge in [-0.1, -0.05) is 0 Å². The molecule has 2 heterocycles. The number of rotatable bonds is 1. The molecule has 0 saturated carbocycles. The first-order valence-electron chi connectivity index (χ1n) is 7.60. The standard InChI is InChI=1S/C20H14FN2O/c1-12-9-19-14(10-13(12)17-5-3-4-8-23(17)2)20-15(11-22)16(21)6-7-18(20)24-19/h3-10H,1-2H3/q+1. The fourth-order valence-electron chi connectivity index (χ4n) is 3.18. The number of hydrogen-bond donors (Lipinski definition) is 0. The Labute approximate surface area is 138 Å². The van der Waals surface area contributed by atoms with Gasteiger partial charge < -0.3 is 4.42 Å². The van der Waals surface area contributed by atoms with Gasteiger partial charge in [-0.15, -0.1) is 0 Å². The summed E-state index contributed by atoms with van der Waals surface area (Å²) in [5.74, 6) is -0.528. The summed E-state index contributed by atoms with van der Waals surface area (Å²) in [6.45, 7) is 2.01. The molecule has 0 saturated heterocycles. The van der Waals surface area contributed by atoms with Gasteiger partial charge in [0.25, 0.3) is 0 Å². The normalized spacial score (nSPS) is 11.1. The minimum absolute atomic E-state index is 0.0264. The molecule has 4 aromatic rings. The quantitative estimate of drug-likeness (QED) is 0.488. The van der Waals surface area contributed by atoms with Crippen molar-refractivity contribution in [3.63, 3.8) is 0 Å². The van der Waals surface area contributed by atoms with Crippen LogP contribution >= 0.6 is 0 Å². The molecular weight excluding hydrogens is 303 g/mol. The van der Waals surface area contributed by atoms with Crippen molar-refractivity contribution in [2.45, 2.75) is 6.92 Å². The Morgan fingerprint density at radius 1 is 1.12 bits per heavy atom. The number of aromatic nitrogens is 1. The second-order valence-corrected chi connectivity index (χ2v) is 5.87. The van der Waals surface area contributed by atoms with Gasteiger partial charge in [0.2, 0.25) is 5.69 Å². The lowest BCUT2D eigenvalue weighted by molar-refractivity contribution is -0.660. The van der Waals surface area contributed by atoms with Gasteiger partial charge in [0, 0.05) is 28.5 Å². The minimum Gasteiger partial charge on any atom is -0.456 e. The van der Waals surface area contributed by atoms with E-state index in [0.29, 0.717) is 16.6 Å². The molecule has 2 aromatic carbocycles. The third-order valence-electron chi connectivity index (χ3n) is 4.37. The van der Waals surface area contributed by atoms with Crippen LogP contribution in [0.5, 0.6) is 0 Å². The third kappa shape index (κ3) is 1.99. The van der Waals surface area contributed by atoms with Crippen LogP contribution in [0.15, 0.2) is 53.1 Å². The van der Waals surface area contributed by atoms with Crippen molar-refractivity contribution in [3.05, 3.63) is 65.6 Å². The Kier molecular flexibility index (Phi) is 3.10. The zero-order valence-electron chi connectivity index (χ0n) is 13.3. The van der Waals surface area contributed by atoms with E-state index in [9.17, 15) is 9.65 Å². The highest BCUT2D eigenvalue weighted by Gasteiger charge is 2.19. The molecule has 0 radical (unpaired) electrons. The van der Waals surface area contributed by atoms with Crippen molar-refractivity contribution >= 4 is 21.9 Å². The van der Waals surface area contributed by atoms with Crippen molar-refractivity contribution in [1.82, 2.24) is 0 Å². The summed E-state index contributed by atoms with van der Waals surface area (Å²) in [6, 6.07) is 14.7. The van der Waals surface area contributed by atoms with Gasteiger partial charge in [-0.2, -0.15) is 5.26 Å². The summed E-state index contributed by atoms with van der Waals surface area (Å²) in [5, 5.41) is 10.6. The van der Waals surface area contributed by atoms with E-state index in [1.807, 2.05) is 61.1 Å². The monoisotopic (exact) mass is 317 g/mol. The Hall–Kier alpha value is -3.19. The molecule has 116 valence electrons. The molecule has 0 unspecified atom stereocenters. The third-order valence-corrected chi connectivity index (χ3v) is 4.37. The summed E-state index contributed by atoms with van der Waals surface area (Å²) >= 11 is 0. The number of fused-ring (bicyclic) bond motifs is 3. The van der Waals surface area contributed by atoms with Gasteiger partial charge in [0.15, 0.2) is 6.20 Å². The van der Waals surface area contributed by atoms with E-state index in [2.05, 4.69) is 0 Å². The van der Waals surface area contributed by atoms with Crippen LogP contribution in [0.1, 0.15) is 11.1 Å². The summed E-state index contributed by atoms with van der Waals surface area (Å²) in [7, 11) is 1.98. The molecule has 0 N–H and O–H groups in total. The van der Waals surface area contributed by atoms with Gasteiger partial charge in [-0.25, -0.2) is 8.96 Å². The van der Waals surface area contributed by atoms with Gasteiger partial charge in [-0.3, -0.25) is 0 Å². The van der Waals surface area contributed by atoms with Crippen LogP contribution in [0, 0.1) is 24.1 Å². The van der Waals surface area contributed by atoms with Crippen molar-refractivity contribution < 1.29 is 13.4 Å². The summed E-state index contributed by atoms with van der Waals surface area (Å²) in [5.41, 5.74) is 4.34. The molecule has 0 aliphatic carbocycles. The first-order valence-corrected chi connectivity index (χ1v) is 7.60. The summed E-state index contributed by atoms with van der Waals surface area (Å²) in [6.07, 6.45) is 1.98. The van der Waals surface area contributed by atoms with Crippen LogP contribution < -0.4 is 4.57 Å². The maximum atomic E-state index is 14.0. The van der Waals surface area contributed by atoms with Crippen LogP contribution in [-0.4, -0.2) is 0 Å². The molecule has 2 aromatic heterocycles. The van der Waals surface area contributed by atoms with Crippen molar-refractivity contribution in [2.24, 2.45) is 7.05 Å². The maximum Gasteiger partial charge on any atom is 0.212 e. The average molecular weight is 317 g/mol. The Balaban J connectivity index is 2.14. The topological polar surface area (TPSA) is 40.8 Å². The fourth-order valence-corrected chi connectivity index (χ4v) is 3.18. The zero-order valence-corrected chi connectivity index (χ0v) is 13.3. The Morgan fingerprint density at radius 2 is 1.96 bits per heavy atom. The van der Waals surface area contributed by atoms with Gasteiger partial charge in [-0.05, 0) is 42.8 Å². The van der Waals surface area contributed by atoms with Crippen LogP contribution in [0.3, 0.4) is 0 Å². The summed E-state index contributed by atoms with van der Waals surface area (Å²) < 4.78 is 21.9. The highest BCUT2D eigenvalue weighted by Crippen LogP contribution is 2.36. The number of halogens is 1. The first-order chi connectivity index (χ1) is 11.6. The van der Waals surface area contributed by atoms with Crippen LogP contribution in [0.25, 0.3) is 33.2 Å². The van der Waals surface area contributed by atoms with Gasteiger partial charge >= 0.3 is 0 Å². The van der Waals surface area contributed by atoms with Crippen LogP contribution in [0.4, 0.5) is 4.39 Å². The summed E-state index contributed by atoms with van der Waals surface area (Å²) in [4.78, 5) is 0. The van der Waals surface area contributed by atoms with E-state index >= 15 is 0 Å². The van der Waals surface area contributed by atoms with Gasteiger partial charge in [0.05, 0.1) is 5.56 Å². The predicted molar refractivity (Wildman–Crippen MR) is 89.7 cm³/mol.